The molecule has 4 rings (SSSR count). The second kappa shape index (κ2) is 8.79. The molecule has 2 heterocycles. The first-order valence-corrected chi connectivity index (χ1v) is 10.3. The first kappa shape index (κ1) is 20.3. The molecule has 0 amide bonds. The van der Waals surface area contributed by atoms with Crippen molar-refractivity contribution in [2.75, 3.05) is 27.3 Å². The SMILES string of the molecule is COc1ccc(C(=O)c2coc3ccc(O)c(CN4CCCCCC4)c23)cc1OC. The van der Waals surface area contributed by atoms with Gasteiger partial charge in [-0.25, -0.2) is 0 Å². The number of likely N-dealkylation sites (tertiary alicyclic amines) is 1. The highest BCUT2D eigenvalue weighted by molar-refractivity contribution is 6.17. The lowest BCUT2D eigenvalue weighted by molar-refractivity contribution is 0.103. The lowest BCUT2D eigenvalue weighted by atomic mass is 9.98. The van der Waals surface area contributed by atoms with Gasteiger partial charge in [0.05, 0.1) is 19.8 Å². The fourth-order valence-electron chi connectivity index (χ4n) is 4.17. The van der Waals surface area contributed by atoms with Crippen LogP contribution >= 0.6 is 0 Å². The van der Waals surface area contributed by atoms with E-state index in [0.29, 0.717) is 40.1 Å². The molecular weight excluding hydrogens is 382 g/mol. The standard InChI is InChI=1S/C24H27NO5/c1-28-20-9-7-16(13-22(20)29-2)24(27)18-15-30-21-10-8-19(26)17(23(18)21)14-25-11-5-3-4-6-12-25/h7-10,13,15,26H,3-6,11-12,14H2,1-2H3. The van der Waals surface area contributed by atoms with Crippen LogP contribution in [-0.4, -0.2) is 43.1 Å². The predicted octanol–water partition coefficient (Wildman–Crippen LogP) is 4.76. The number of fused-ring (bicyclic) bond motifs is 1. The van der Waals surface area contributed by atoms with Gasteiger partial charge in [0.2, 0.25) is 0 Å². The molecule has 0 atom stereocenters. The number of benzene rings is 2. The van der Waals surface area contributed by atoms with Crippen LogP contribution in [0.25, 0.3) is 11.0 Å². The summed E-state index contributed by atoms with van der Waals surface area (Å²) in [6, 6.07) is 8.44. The Morgan fingerprint density at radius 2 is 1.77 bits per heavy atom. The molecule has 1 N–H and O–H groups in total. The summed E-state index contributed by atoms with van der Waals surface area (Å²) < 4.78 is 16.3. The fraction of sp³-hybridized carbons (Fsp3) is 0.375. The van der Waals surface area contributed by atoms with Crippen LogP contribution in [0.5, 0.6) is 17.2 Å². The molecule has 2 aromatic carbocycles. The smallest absolute Gasteiger partial charge is 0.197 e. The van der Waals surface area contributed by atoms with Gasteiger partial charge < -0.3 is 19.0 Å². The number of hydrogen-bond acceptors (Lipinski definition) is 6. The number of ether oxygens (including phenoxy) is 2. The first-order chi connectivity index (χ1) is 14.6. The van der Waals surface area contributed by atoms with Gasteiger partial charge >= 0.3 is 0 Å². The molecule has 1 aromatic heterocycles. The maximum absolute atomic E-state index is 13.3. The molecule has 6 heteroatoms. The molecule has 3 aromatic rings. The molecule has 1 aliphatic rings. The number of hydrogen-bond donors (Lipinski definition) is 1. The van der Waals surface area contributed by atoms with E-state index >= 15 is 0 Å². The summed E-state index contributed by atoms with van der Waals surface area (Å²) in [5, 5.41) is 11.3. The highest BCUT2D eigenvalue weighted by Crippen LogP contribution is 2.35. The number of aromatic hydroxyl groups is 1. The van der Waals surface area contributed by atoms with Gasteiger partial charge in [0.1, 0.15) is 17.6 Å². The molecule has 0 radical (unpaired) electrons. The number of ketones is 1. The van der Waals surface area contributed by atoms with Gasteiger partial charge in [-0.3, -0.25) is 9.69 Å². The van der Waals surface area contributed by atoms with Gasteiger partial charge in [-0.05, 0) is 56.3 Å². The second-order valence-electron chi connectivity index (χ2n) is 7.68. The summed E-state index contributed by atoms with van der Waals surface area (Å²) in [7, 11) is 3.09. The number of phenols is 1. The zero-order valence-electron chi connectivity index (χ0n) is 17.4. The molecule has 6 nitrogen and oxygen atoms in total. The largest absolute Gasteiger partial charge is 0.508 e. The summed E-state index contributed by atoms with van der Waals surface area (Å²) in [5.74, 6) is 1.06. The minimum absolute atomic E-state index is 0.183. The number of rotatable bonds is 6. The lowest BCUT2D eigenvalue weighted by Crippen LogP contribution is -2.24. The van der Waals surface area contributed by atoms with E-state index in [2.05, 4.69) is 4.90 Å². The van der Waals surface area contributed by atoms with Gasteiger partial charge in [-0.1, -0.05) is 12.8 Å². The Kier molecular flexibility index (Phi) is 5.95. The fourth-order valence-corrected chi connectivity index (χ4v) is 4.17. The number of phenolic OH excluding ortho intramolecular Hbond substituents is 1. The Morgan fingerprint density at radius 1 is 1.03 bits per heavy atom. The van der Waals surface area contributed by atoms with Crippen molar-refractivity contribution >= 4 is 16.8 Å². The molecule has 0 saturated carbocycles. The van der Waals surface area contributed by atoms with E-state index in [1.807, 2.05) is 0 Å². The number of furan rings is 1. The zero-order chi connectivity index (χ0) is 21.1. The molecule has 0 spiro atoms. The topological polar surface area (TPSA) is 72.1 Å². The van der Waals surface area contributed by atoms with Gasteiger partial charge in [0, 0.05) is 23.1 Å². The molecule has 30 heavy (non-hydrogen) atoms. The van der Waals surface area contributed by atoms with E-state index in [0.717, 1.165) is 31.5 Å². The molecule has 0 bridgehead atoms. The molecular formula is C24H27NO5. The minimum atomic E-state index is -0.183. The molecule has 1 fully saturated rings. The van der Waals surface area contributed by atoms with Gasteiger partial charge in [0.25, 0.3) is 0 Å². The Morgan fingerprint density at radius 3 is 2.47 bits per heavy atom. The highest BCUT2D eigenvalue weighted by atomic mass is 16.5. The van der Waals surface area contributed by atoms with Crippen molar-refractivity contribution in [3.8, 4) is 17.2 Å². The van der Waals surface area contributed by atoms with Crippen LogP contribution in [0.15, 0.2) is 41.0 Å². The van der Waals surface area contributed by atoms with Crippen molar-refractivity contribution in [2.24, 2.45) is 0 Å². The third kappa shape index (κ3) is 3.87. The Bertz CT molecular complexity index is 1050. The molecule has 0 unspecified atom stereocenters. The summed E-state index contributed by atoms with van der Waals surface area (Å²) in [4.78, 5) is 15.7. The Balaban J connectivity index is 1.74. The van der Waals surface area contributed by atoms with Crippen LogP contribution in [0.3, 0.4) is 0 Å². The molecule has 1 saturated heterocycles. The number of carbonyl (C=O) groups excluding carboxylic acids is 1. The van der Waals surface area contributed by atoms with Crippen molar-refractivity contribution in [3.63, 3.8) is 0 Å². The minimum Gasteiger partial charge on any atom is -0.508 e. The quantitative estimate of drug-likeness (QED) is 0.592. The average molecular weight is 409 g/mol. The average Bonchev–Trinajstić information content (AvgIpc) is 3.03. The van der Waals surface area contributed by atoms with Gasteiger partial charge in [-0.2, -0.15) is 0 Å². The van der Waals surface area contributed by atoms with Gasteiger partial charge in [0.15, 0.2) is 17.3 Å². The second-order valence-corrected chi connectivity index (χ2v) is 7.68. The van der Waals surface area contributed by atoms with E-state index in [9.17, 15) is 9.90 Å². The Hall–Kier alpha value is -2.99. The maximum atomic E-state index is 13.3. The first-order valence-electron chi connectivity index (χ1n) is 10.3. The Labute approximate surface area is 176 Å². The van der Waals surface area contributed by atoms with Crippen LogP contribution in [0.2, 0.25) is 0 Å². The third-order valence-corrected chi connectivity index (χ3v) is 5.79. The normalized spacial score (nSPS) is 15.1. The third-order valence-electron chi connectivity index (χ3n) is 5.79. The maximum Gasteiger partial charge on any atom is 0.197 e. The van der Waals surface area contributed by atoms with E-state index in [-0.39, 0.29) is 11.5 Å². The van der Waals surface area contributed by atoms with Crippen LogP contribution < -0.4 is 9.47 Å². The predicted molar refractivity (Wildman–Crippen MR) is 115 cm³/mol. The molecule has 0 aliphatic carbocycles. The van der Waals surface area contributed by atoms with E-state index in [1.165, 1.54) is 26.2 Å². The monoisotopic (exact) mass is 409 g/mol. The van der Waals surface area contributed by atoms with E-state index in [1.54, 1.807) is 37.4 Å². The van der Waals surface area contributed by atoms with Crippen LogP contribution in [-0.2, 0) is 6.54 Å². The summed E-state index contributed by atoms with van der Waals surface area (Å²) in [5.41, 5.74) is 2.26. The number of carbonyl (C=O) groups is 1. The number of nitrogens with zero attached hydrogens (tertiary/aromatic N) is 1. The van der Waals surface area contributed by atoms with Crippen LogP contribution in [0.4, 0.5) is 0 Å². The van der Waals surface area contributed by atoms with Crippen molar-refractivity contribution in [1.29, 1.82) is 0 Å². The van der Waals surface area contributed by atoms with Crippen LogP contribution in [0, 0.1) is 0 Å². The number of methoxy groups -OCH3 is 2. The molecule has 158 valence electrons. The van der Waals surface area contributed by atoms with Crippen LogP contribution in [0.1, 0.15) is 47.2 Å². The van der Waals surface area contributed by atoms with Gasteiger partial charge in [-0.15, -0.1) is 0 Å². The van der Waals surface area contributed by atoms with E-state index < -0.39 is 0 Å². The van der Waals surface area contributed by atoms with E-state index in [4.69, 9.17) is 13.9 Å². The molecule has 1 aliphatic heterocycles. The summed E-state index contributed by atoms with van der Waals surface area (Å²) in [6.07, 6.45) is 6.26. The lowest BCUT2D eigenvalue weighted by Gasteiger charge is -2.21. The zero-order valence-corrected chi connectivity index (χ0v) is 17.4. The van der Waals surface area contributed by atoms with Crippen molar-refractivity contribution in [2.45, 2.75) is 32.2 Å². The van der Waals surface area contributed by atoms with Crippen molar-refractivity contribution in [1.82, 2.24) is 4.90 Å². The van der Waals surface area contributed by atoms with Crippen molar-refractivity contribution < 1.29 is 23.8 Å². The summed E-state index contributed by atoms with van der Waals surface area (Å²) in [6.45, 7) is 2.58. The highest BCUT2D eigenvalue weighted by Gasteiger charge is 2.23. The van der Waals surface area contributed by atoms with Crippen molar-refractivity contribution in [3.05, 3.63) is 53.3 Å². The summed E-state index contributed by atoms with van der Waals surface area (Å²) >= 11 is 0.